The van der Waals surface area contributed by atoms with Crippen molar-refractivity contribution in [2.24, 2.45) is 0 Å². The number of benzene rings is 1. The molecule has 0 saturated heterocycles. The van der Waals surface area contributed by atoms with Gasteiger partial charge in [0, 0.05) is 25.5 Å². The van der Waals surface area contributed by atoms with Crippen molar-refractivity contribution in [1.29, 1.82) is 0 Å². The lowest BCUT2D eigenvalue weighted by Crippen LogP contribution is -2.36. The molecule has 0 N–H and O–H groups in total. The Bertz CT molecular complexity index is 884. The van der Waals surface area contributed by atoms with E-state index in [-0.39, 0.29) is 5.91 Å². The van der Waals surface area contributed by atoms with Gasteiger partial charge in [0.05, 0.1) is 17.9 Å². The monoisotopic (exact) mass is 337 g/mol. The van der Waals surface area contributed by atoms with E-state index in [1.165, 1.54) is 0 Å². The van der Waals surface area contributed by atoms with Crippen molar-refractivity contribution in [3.63, 3.8) is 0 Å². The second-order valence-electron chi connectivity index (χ2n) is 6.14. The third-order valence-corrected chi connectivity index (χ3v) is 4.37. The molecule has 0 radical (unpaired) electrons. The lowest BCUT2D eigenvalue weighted by molar-refractivity contribution is 0.0721. The lowest BCUT2D eigenvalue weighted by Gasteiger charge is -2.25. The first-order valence-electron chi connectivity index (χ1n) is 8.50. The zero-order chi connectivity index (χ0) is 17.2. The zero-order valence-electron chi connectivity index (χ0n) is 14.1. The molecule has 128 valence electrons. The minimum absolute atomic E-state index is 0.119. The van der Waals surface area contributed by atoms with Crippen molar-refractivity contribution in [3.05, 3.63) is 59.2 Å². The van der Waals surface area contributed by atoms with Crippen molar-refractivity contribution in [2.45, 2.75) is 32.7 Å². The minimum atomic E-state index is -0.119. The SMILES string of the molecule is CCCc1cc(C(=O)N2CCc3c(nnn3-c3ccccc3)C2)no1. The van der Waals surface area contributed by atoms with Crippen LogP contribution in [0.3, 0.4) is 0 Å². The average molecular weight is 337 g/mol. The first-order valence-corrected chi connectivity index (χ1v) is 8.50. The number of aromatic nitrogens is 4. The molecule has 7 heteroatoms. The molecule has 3 aromatic rings. The quantitative estimate of drug-likeness (QED) is 0.730. The molecule has 0 aliphatic carbocycles. The fourth-order valence-electron chi connectivity index (χ4n) is 3.10. The minimum Gasteiger partial charge on any atom is -0.361 e. The van der Waals surface area contributed by atoms with Gasteiger partial charge in [-0.15, -0.1) is 5.10 Å². The van der Waals surface area contributed by atoms with E-state index in [0.29, 0.717) is 25.2 Å². The van der Waals surface area contributed by atoms with Crippen LogP contribution >= 0.6 is 0 Å². The van der Waals surface area contributed by atoms with E-state index < -0.39 is 0 Å². The Morgan fingerprint density at radius 2 is 2.12 bits per heavy atom. The maximum absolute atomic E-state index is 12.7. The van der Waals surface area contributed by atoms with Crippen LogP contribution in [0.2, 0.25) is 0 Å². The molecule has 0 unspecified atom stereocenters. The molecule has 1 aliphatic rings. The molecule has 0 spiro atoms. The Morgan fingerprint density at radius 3 is 2.92 bits per heavy atom. The highest BCUT2D eigenvalue weighted by atomic mass is 16.5. The number of rotatable bonds is 4. The summed E-state index contributed by atoms with van der Waals surface area (Å²) in [7, 11) is 0. The number of nitrogens with zero attached hydrogens (tertiary/aromatic N) is 5. The van der Waals surface area contributed by atoms with Gasteiger partial charge in [-0.05, 0) is 18.6 Å². The van der Waals surface area contributed by atoms with Crippen LogP contribution in [0.4, 0.5) is 0 Å². The lowest BCUT2D eigenvalue weighted by atomic mass is 10.1. The van der Waals surface area contributed by atoms with Crippen LogP contribution < -0.4 is 0 Å². The molecular formula is C18H19N5O2. The molecule has 0 fully saturated rings. The summed E-state index contributed by atoms with van der Waals surface area (Å²) < 4.78 is 7.07. The number of fused-ring (bicyclic) bond motifs is 1. The van der Waals surface area contributed by atoms with Crippen LogP contribution in [0, 0.1) is 0 Å². The molecular weight excluding hydrogens is 318 g/mol. The summed E-state index contributed by atoms with van der Waals surface area (Å²) in [5.74, 6) is 0.629. The van der Waals surface area contributed by atoms with Crippen LogP contribution in [0.5, 0.6) is 0 Å². The van der Waals surface area contributed by atoms with Gasteiger partial charge in [0.15, 0.2) is 5.69 Å². The fourth-order valence-corrected chi connectivity index (χ4v) is 3.10. The van der Waals surface area contributed by atoms with Gasteiger partial charge in [-0.25, -0.2) is 4.68 Å². The van der Waals surface area contributed by atoms with Crippen molar-refractivity contribution in [3.8, 4) is 5.69 Å². The van der Waals surface area contributed by atoms with Gasteiger partial charge in [-0.2, -0.15) is 0 Å². The molecule has 1 aromatic carbocycles. The highest BCUT2D eigenvalue weighted by Gasteiger charge is 2.28. The number of hydrogen-bond acceptors (Lipinski definition) is 5. The number of amides is 1. The maximum Gasteiger partial charge on any atom is 0.276 e. The first-order chi connectivity index (χ1) is 12.3. The summed E-state index contributed by atoms with van der Waals surface area (Å²) in [6, 6.07) is 11.6. The second kappa shape index (κ2) is 6.51. The van der Waals surface area contributed by atoms with Crippen molar-refractivity contribution < 1.29 is 9.32 Å². The summed E-state index contributed by atoms with van der Waals surface area (Å²) >= 11 is 0. The molecule has 1 aliphatic heterocycles. The van der Waals surface area contributed by atoms with Crippen LogP contribution in [0.1, 0.15) is 41.0 Å². The van der Waals surface area contributed by atoms with Crippen molar-refractivity contribution >= 4 is 5.91 Å². The highest BCUT2D eigenvalue weighted by Crippen LogP contribution is 2.21. The van der Waals surface area contributed by atoms with Gasteiger partial charge < -0.3 is 9.42 Å². The smallest absolute Gasteiger partial charge is 0.276 e. The second-order valence-corrected chi connectivity index (χ2v) is 6.14. The molecule has 1 amide bonds. The molecule has 2 aromatic heterocycles. The predicted molar refractivity (Wildman–Crippen MR) is 90.3 cm³/mol. The topological polar surface area (TPSA) is 77.1 Å². The molecule has 4 rings (SSSR count). The van der Waals surface area contributed by atoms with Gasteiger partial charge in [0.25, 0.3) is 5.91 Å². The third kappa shape index (κ3) is 2.93. The highest BCUT2D eigenvalue weighted by molar-refractivity contribution is 5.92. The van der Waals surface area contributed by atoms with Crippen LogP contribution in [0.25, 0.3) is 5.69 Å². The largest absolute Gasteiger partial charge is 0.361 e. The van der Waals surface area contributed by atoms with Gasteiger partial charge in [0.2, 0.25) is 0 Å². The normalized spacial score (nSPS) is 13.7. The Kier molecular flexibility index (Phi) is 4.05. The van der Waals surface area contributed by atoms with E-state index in [0.717, 1.165) is 35.7 Å². The van der Waals surface area contributed by atoms with Crippen molar-refractivity contribution in [2.75, 3.05) is 6.54 Å². The van der Waals surface area contributed by atoms with Crippen LogP contribution in [-0.4, -0.2) is 37.5 Å². The standard InChI is InChI=1S/C18H19N5O2/c1-2-6-14-11-15(20-25-14)18(24)22-10-9-17-16(12-22)19-21-23(17)13-7-4-3-5-8-13/h3-5,7-8,11H,2,6,9-10,12H2,1H3. The molecule has 0 bridgehead atoms. The summed E-state index contributed by atoms with van der Waals surface area (Å²) in [6.45, 7) is 3.12. The molecule has 25 heavy (non-hydrogen) atoms. The molecule has 0 saturated carbocycles. The number of carbonyl (C=O) groups excluding carboxylic acids is 1. The number of aryl methyl sites for hydroxylation is 1. The summed E-state index contributed by atoms with van der Waals surface area (Å²) in [5.41, 5.74) is 3.24. The zero-order valence-corrected chi connectivity index (χ0v) is 14.1. The van der Waals surface area contributed by atoms with E-state index in [4.69, 9.17) is 4.52 Å². The van der Waals surface area contributed by atoms with Gasteiger partial charge in [-0.3, -0.25) is 4.79 Å². The van der Waals surface area contributed by atoms with E-state index >= 15 is 0 Å². The predicted octanol–water partition coefficient (Wildman–Crippen LogP) is 2.41. The molecule has 0 atom stereocenters. The summed E-state index contributed by atoms with van der Waals surface area (Å²) in [6.07, 6.45) is 2.46. The number of hydrogen-bond donors (Lipinski definition) is 0. The third-order valence-electron chi connectivity index (χ3n) is 4.37. The Labute approximate surface area is 145 Å². The van der Waals surface area contributed by atoms with Gasteiger partial charge in [0.1, 0.15) is 11.5 Å². The fraction of sp³-hybridized carbons (Fsp3) is 0.333. The molecule has 7 nitrogen and oxygen atoms in total. The summed E-state index contributed by atoms with van der Waals surface area (Å²) in [5, 5.41) is 12.4. The first kappa shape index (κ1) is 15.6. The van der Waals surface area contributed by atoms with Gasteiger partial charge in [-0.1, -0.05) is 35.5 Å². The summed E-state index contributed by atoms with van der Waals surface area (Å²) in [4.78, 5) is 14.4. The van der Waals surface area contributed by atoms with E-state index in [1.807, 2.05) is 35.0 Å². The Hall–Kier alpha value is -2.96. The van der Waals surface area contributed by atoms with Crippen molar-refractivity contribution in [1.82, 2.24) is 25.1 Å². The Balaban J connectivity index is 1.53. The van der Waals surface area contributed by atoms with Gasteiger partial charge >= 0.3 is 0 Å². The Morgan fingerprint density at radius 1 is 1.28 bits per heavy atom. The maximum atomic E-state index is 12.7. The van der Waals surface area contributed by atoms with E-state index in [1.54, 1.807) is 11.0 Å². The number of carbonyl (C=O) groups is 1. The van der Waals surface area contributed by atoms with Crippen LogP contribution in [-0.2, 0) is 19.4 Å². The average Bonchev–Trinajstić information content (AvgIpc) is 3.28. The molecule has 3 heterocycles. The number of para-hydroxylation sites is 1. The van der Waals surface area contributed by atoms with E-state index in [9.17, 15) is 4.79 Å². The van der Waals surface area contributed by atoms with E-state index in [2.05, 4.69) is 22.4 Å². The van der Waals surface area contributed by atoms with Crippen LogP contribution in [0.15, 0.2) is 40.9 Å².